The van der Waals surface area contributed by atoms with E-state index in [1.54, 1.807) is 12.3 Å². The molecule has 0 amide bonds. The number of hydrogen-bond acceptors (Lipinski definition) is 4. The summed E-state index contributed by atoms with van der Waals surface area (Å²) in [4.78, 5) is 8.57. The lowest BCUT2D eigenvalue weighted by Gasteiger charge is -1.99. The molecule has 1 aromatic carbocycles. The summed E-state index contributed by atoms with van der Waals surface area (Å²) in [6.07, 6.45) is 3.90. The zero-order chi connectivity index (χ0) is 11.4. The average molecular weight is 216 g/mol. The van der Waals surface area contributed by atoms with Crippen LogP contribution in [0.4, 0.5) is 0 Å². The number of rotatable bonds is 3. The maximum atomic E-state index is 9.15. The summed E-state index contributed by atoms with van der Waals surface area (Å²) in [5.74, 6) is 0. The molecule has 0 saturated carbocycles. The summed E-state index contributed by atoms with van der Waals surface area (Å²) in [5, 5.41) is 17.8. The number of nitrogens with zero attached hydrogens (tertiary/aromatic N) is 2. The molecule has 0 bridgehead atoms. The highest BCUT2D eigenvalue weighted by atomic mass is 16.3. The monoisotopic (exact) mass is 216 g/mol. The Morgan fingerprint density at radius 2 is 2.00 bits per heavy atom. The SMILES string of the molecule is OC[C@@H](O)/C=C\c1cnc2ccccc2n1. The van der Waals surface area contributed by atoms with Crippen molar-refractivity contribution < 1.29 is 10.2 Å². The predicted molar refractivity (Wildman–Crippen MR) is 61.7 cm³/mol. The molecule has 0 fully saturated rings. The zero-order valence-electron chi connectivity index (χ0n) is 8.61. The van der Waals surface area contributed by atoms with Gasteiger partial charge in [0.15, 0.2) is 0 Å². The van der Waals surface area contributed by atoms with Crippen molar-refractivity contribution in [2.75, 3.05) is 6.61 Å². The molecule has 4 nitrogen and oxygen atoms in total. The first kappa shape index (κ1) is 10.7. The van der Waals surface area contributed by atoms with Gasteiger partial charge < -0.3 is 10.2 Å². The van der Waals surface area contributed by atoms with E-state index in [0.717, 1.165) is 11.0 Å². The van der Waals surface area contributed by atoms with Gasteiger partial charge in [0.2, 0.25) is 0 Å². The van der Waals surface area contributed by atoms with E-state index < -0.39 is 6.10 Å². The molecule has 1 heterocycles. The number of aliphatic hydroxyl groups is 2. The predicted octanol–water partition coefficient (Wildman–Crippen LogP) is 0.996. The lowest BCUT2D eigenvalue weighted by molar-refractivity contribution is 0.131. The summed E-state index contributed by atoms with van der Waals surface area (Å²) in [7, 11) is 0. The minimum atomic E-state index is -0.853. The Morgan fingerprint density at radius 1 is 1.25 bits per heavy atom. The third-order valence-corrected chi connectivity index (χ3v) is 2.14. The Labute approximate surface area is 92.9 Å². The van der Waals surface area contributed by atoms with Crippen LogP contribution in [0.1, 0.15) is 5.69 Å². The summed E-state index contributed by atoms with van der Waals surface area (Å²) >= 11 is 0. The van der Waals surface area contributed by atoms with Crippen LogP contribution in [0.15, 0.2) is 36.5 Å². The van der Waals surface area contributed by atoms with Crippen LogP contribution < -0.4 is 0 Å². The fourth-order valence-corrected chi connectivity index (χ4v) is 1.32. The minimum absolute atomic E-state index is 0.294. The van der Waals surface area contributed by atoms with Crippen molar-refractivity contribution >= 4 is 17.1 Å². The van der Waals surface area contributed by atoms with Crippen molar-refractivity contribution in [2.24, 2.45) is 0 Å². The van der Waals surface area contributed by atoms with Gasteiger partial charge in [0.25, 0.3) is 0 Å². The van der Waals surface area contributed by atoms with Gasteiger partial charge in [0, 0.05) is 0 Å². The topological polar surface area (TPSA) is 66.2 Å². The standard InChI is InChI=1S/C12H12N2O2/c15-8-10(16)6-5-9-7-13-11-3-1-2-4-12(11)14-9/h1-7,10,15-16H,8H2/b6-5-/t10-/m0/s1. The summed E-state index contributed by atoms with van der Waals surface area (Å²) in [6, 6.07) is 7.57. The highest BCUT2D eigenvalue weighted by Crippen LogP contribution is 2.09. The lowest BCUT2D eigenvalue weighted by atomic mass is 10.2. The van der Waals surface area contributed by atoms with E-state index in [-0.39, 0.29) is 6.61 Å². The van der Waals surface area contributed by atoms with E-state index in [9.17, 15) is 0 Å². The average Bonchev–Trinajstić information content (AvgIpc) is 2.35. The van der Waals surface area contributed by atoms with E-state index >= 15 is 0 Å². The molecule has 2 rings (SSSR count). The molecule has 0 unspecified atom stereocenters. The van der Waals surface area contributed by atoms with Gasteiger partial charge in [-0.15, -0.1) is 0 Å². The van der Waals surface area contributed by atoms with E-state index in [1.807, 2.05) is 24.3 Å². The quantitative estimate of drug-likeness (QED) is 0.803. The van der Waals surface area contributed by atoms with Crippen LogP contribution >= 0.6 is 0 Å². The Morgan fingerprint density at radius 3 is 2.75 bits per heavy atom. The third-order valence-electron chi connectivity index (χ3n) is 2.14. The number of fused-ring (bicyclic) bond motifs is 1. The molecule has 0 spiro atoms. The number of benzene rings is 1. The first-order valence-corrected chi connectivity index (χ1v) is 4.98. The minimum Gasteiger partial charge on any atom is -0.393 e. The van der Waals surface area contributed by atoms with Crippen LogP contribution in [0.5, 0.6) is 0 Å². The lowest BCUT2D eigenvalue weighted by Crippen LogP contribution is -2.06. The van der Waals surface area contributed by atoms with Gasteiger partial charge in [-0.2, -0.15) is 0 Å². The summed E-state index contributed by atoms with van der Waals surface area (Å²) in [5.41, 5.74) is 2.30. The van der Waals surface area contributed by atoms with Gasteiger partial charge in [-0.05, 0) is 18.2 Å². The Kier molecular flexibility index (Phi) is 3.24. The van der Waals surface area contributed by atoms with Gasteiger partial charge in [-0.1, -0.05) is 18.2 Å². The Hall–Kier alpha value is -1.78. The van der Waals surface area contributed by atoms with Crippen molar-refractivity contribution in [3.05, 3.63) is 42.2 Å². The van der Waals surface area contributed by atoms with Crippen molar-refractivity contribution in [1.29, 1.82) is 0 Å². The van der Waals surface area contributed by atoms with Crippen LogP contribution in [0.25, 0.3) is 17.1 Å². The number of hydrogen-bond donors (Lipinski definition) is 2. The molecular weight excluding hydrogens is 204 g/mol. The van der Waals surface area contributed by atoms with E-state index in [4.69, 9.17) is 10.2 Å². The molecule has 16 heavy (non-hydrogen) atoms. The second-order valence-electron chi connectivity index (χ2n) is 3.39. The maximum absolute atomic E-state index is 9.15. The molecule has 0 aliphatic carbocycles. The van der Waals surface area contributed by atoms with E-state index in [1.165, 1.54) is 6.08 Å². The second kappa shape index (κ2) is 4.83. The Balaban J connectivity index is 2.29. The van der Waals surface area contributed by atoms with Crippen molar-refractivity contribution in [1.82, 2.24) is 9.97 Å². The van der Waals surface area contributed by atoms with Gasteiger partial charge in [0.1, 0.15) is 0 Å². The molecule has 1 atom stereocenters. The van der Waals surface area contributed by atoms with Crippen LogP contribution in [0.2, 0.25) is 0 Å². The van der Waals surface area contributed by atoms with Crippen LogP contribution in [0.3, 0.4) is 0 Å². The highest BCUT2D eigenvalue weighted by Gasteiger charge is 1.97. The summed E-state index contributed by atoms with van der Waals surface area (Å²) < 4.78 is 0. The maximum Gasteiger partial charge on any atom is 0.0955 e. The third kappa shape index (κ3) is 2.42. The van der Waals surface area contributed by atoms with Crippen LogP contribution in [-0.4, -0.2) is 32.9 Å². The molecule has 82 valence electrons. The molecule has 0 aliphatic rings. The van der Waals surface area contributed by atoms with E-state index in [2.05, 4.69) is 9.97 Å². The van der Waals surface area contributed by atoms with Crippen molar-refractivity contribution in [2.45, 2.75) is 6.10 Å². The summed E-state index contributed by atoms with van der Waals surface area (Å²) in [6.45, 7) is -0.294. The normalized spacial score (nSPS) is 13.4. The molecule has 0 aliphatic heterocycles. The van der Waals surface area contributed by atoms with Gasteiger partial charge >= 0.3 is 0 Å². The molecule has 0 radical (unpaired) electrons. The molecule has 2 N–H and O–H groups in total. The number of para-hydroxylation sites is 2. The molecule has 4 heteroatoms. The molecule has 0 saturated heterocycles. The fourth-order valence-electron chi connectivity index (χ4n) is 1.32. The molecule has 1 aromatic heterocycles. The van der Waals surface area contributed by atoms with Crippen LogP contribution in [0, 0.1) is 0 Å². The number of aromatic nitrogens is 2. The van der Waals surface area contributed by atoms with E-state index in [0.29, 0.717) is 5.69 Å². The molecular formula is C12H12N2O2. The van der Waals surface area contributed by atoms with Crippen molar-refractivity contribution in [3.63, 3.8) is 0 Å². The first-order valence-electron chi connectivity index (χ1n) is 4.98. The van der Waals surface area contributed by atoms with Gasteiger partial charge in [0.05, 0.1) is 35.6 Å². The smallest absolute Gasteiger partial charge is 0.0955 e. The second-order valence-corrected chi connectivity index (χ2v) is 3.39. The zero-order valence-corrected chi connectivity index (χ0v) is 8.61. The van der Waals surface area contributed by atoms with Crippen LogP contribution in [-0.2, 0) is 0 Å². The van der Waals surface area contributed by atoms with Gasteiger partial charge in [-0.3, -0.25) is 4.98 Å². The Bertz CT molecular complexity index is 511. The first-order chi connectivity index (χ1) is 7.79. The largest absolute Gasteiger partial charge is 0.393 e. The number of aliphatic hydroxyl groups excluding tert-OH is 2. The van der Waals surface area contributed by atoms with Crippen molar-refractivity contribution in [3.8, 4) is 0 Å². The highest BCUT2D eigenvalue weighted by molar-refractivity contribution is 5.74. The van der Waals surface area contributed by atoms with Gasteiger partial charge in [-0.25, -0.2) is 4.98 Å². The molecule has 2 aromatic rings. The fraction of sp³-hybridized carbons (Fsp3) is 0.167.